The number of ketones is 1. The molecule has 0 spiro atoms. The van der Waals surface area contributed by atoms with Crippen molar-refractivity contribution in [2.75, 3.05) is 27.7 Å². The third-order valence-corrected chi connectivity index (χ3v) is 3.21. The zero-order valence-electron chi connectivity index (χ0n) is 11.6. The maximum atomic E-state index is 12.3. The van der Waals surface area contributed by atoms with Gasteiger partial charge in [-0.1, -0.05) is 18.2 Å². The van der Waals surface area contributed by atoms with Crippen LogP contribution in [0.3, 0.4) is 0 Å². The summed E-state index contributed by atoms with van der Waals surface area (Å²) < 4.78 is 2.84. The number of fused-ring (bicyclic) bond motifs is 1. The summed E-state index contributed by atoms with van der Waals surface area (Å²) in [6, 6.07) is 8.06. The molecule has 3 heteroatoms. The van der Waals surface area contributed by atoms with Crippen LogP contribution < -0.4 is 0 Å². The number of aryl methyl sites for hydroxylation is 1. The molecule has 96 valence electrons. The lowest BCUT2D eigenvalue weighted by Crippen LogP contribution is -2.36. The third-order valence-electron chi connectivity index (χ3n) is 3.21. The standard InChI is InChI=1S/C15H21N2O/c1-16-11-13(12-7-5-6-8-14(12)16)15(18)9-10-17(2,3)4/h5-8,11H,9-10H2,1-4H3/q+1. The number of carbonyl (C=O) groups is 1. The molecule has 0 bridgehead atoms. The molecule has 1 aromatic carbocycles. The molecule has 0 saturated heterocycles. The first kappa shape index (κ1) is 12.8. The van der Waals surface area contributed by atoms with Crippen molar-refractivity contribution in [2.45, 2.75) is 6.42 Å². The topological polar surface area (TPSA) is 22.0 Å². The Balaban J connectivity index is 2.28. The highest BCUT2D eigenvalue weighted by atomic mass is 16.1. The summed E-state index contributed by atoms with van der Waals surface area (Å²) in [5, 5.41) is 1.06. The number of quaternary nitrogens is 1. The van der Waals surface area contributed by atoms with Gasteiger partial charge in [0.2, 0.25) is 0 Å². The van der Waals surface area contributed by atoms with Gasteiger partial charge in [-0.15, -0.1) is 0 Å². The Labute approximate surface area is 108 Å². The van der Waals surface area contributed by atoms with Crippen LogP contribution in [0.5, 0.6) is 0 Å². The summed E-state index contributed by atoms with van der Waals surface area (Å²) in [6.07, 6.45) is 2.54. The van der Waals surface area contributed by atoms with Crippen LogP contribution >= 0.6 is 0 Å². The summed E-state index contributed by atoms with van der Waals surface area (Å²) >= 11 is 0. The third kappa shape index (κ3) is 2.62. The van der Waals surface area contributed by atoms with E-state index in [0.717, 1.165) is 27.5 Å². The Morgan fingerprint density at radius 3 is 2.56 bits per heavy atom. The molecule has 1 heterocycles. The van der Waals surface area contributed by atoms with Gasteiger partial charge in [0, 0.05) is 29.7 Å². The van der Waals surface area contributed by atoms with Gasteiger partial charge < -0.3 is 9.05 Å². The van der Waals surface area contributed by atoms with Crippen LogP contribution in [0.25, 0.3) is 10.9 Å². The molecule has 0 radical (unpaired) electrons. The minimum atomic E-state index is 0.236. The van der Waals surface area contributed by atoms with E-state index < -0.39 is 0 Å². The zero-order valence-corrected chi connectivity index (χ0v) is 11.6. The van der Waals surface area contributed by atoms with E-state index in [4.69, 9.17) is 0 Å². The molecule has 0 atom stereocenters. The predicted octanol–water partition coefficient (Wildman–Crippen LogP) is 2.46. The predicted molar refractivity (Wildman–Crippen MR) is 74.8 cm³/mol. The van der Waals surface area contributed by atoms with Gasteiger partial charge in [-0.05, 0) is 6.07 Å². The van der Waals surface area contributed by atoms with Crippen LogP contribution in [0, 0.1) is 0 Å². The molecule has 2 aromatic rings. The van der Waals surface area contributed by atoms with Gasteiger partial charge >= 0.3 is 0 Å². The second-order valence-corrected chi connectivity index (χ2v) is 5.86. The first-order chi connectivity index (χ1) is 8.38. The Morgan fingerprint density at radius 2 is 1.89 bits per heavy atom. The van der Waals surface area contributed by atoms with E-state index >= 15 is 0 Å². The Hall–Kier alpha value is -1.61. The lowest BCUT2D eigenvalue weighted by atomic mass is 10.1. The Morgan fingerprint density at radius 1 is 1.22 bits per heavy atom. The average molecular weight is 245 g/mol. The van der Waals surface area contributed by atoms with Gasteiger partial charge in [0.15, 0.2) is 5.78 Å². The molecule has 0 aliphatic heterocycles. The molecule has 0 aliphatic rings. The van der Waals surface area contributed by atoms with E-state index in [-0.39, 0.29) is 5.78 Å². The normalized spacial score (nSPS) is 12.0. The van der Waals surface area contributed by atoms with Crippen molar-refractivity contribution in [3.8, 4) is 0 Å². The average Bonchev–Trinajstić information content (AvgIpc) is 2.64. The van der Waals surface area contributed by atoms with Gasteiger partial charge in [-0.2, -0.15) is 0 Å². The van der Waals surface area contributed by atoms with Crippen molar-refractivity contribution in [1.29, 1.82) is 0 Å². The van der Waals surface area contributed by atoms with Crippen LogP contribution in [0.4, 0.5) is 0 Å². The maximum absolute atomic E-state index is 12.3. The number of hydrogen-bond acceptors (Lipinski definition) is 1. The monoisotopic (exact) mass is 245 g/mol. The summed E-state index contributed by atoms with van der Waals surface area (Å²) in [5.41, 5.74) is 1.97. The van der Waals surface area contributed by atoms with E-state index in [2.05, 4.69) is 21.1 Å². The molecular formula is C15H21N2O+. The number of para-hydroxylation sites is 1. The highest BCUT2D eigenvalue weighted by Crippen LogP contribution is 2.21. The van der Waals surface area contributed by atoms with Gasteiger partial charge in [0.1, 0.15) is 0 Å². The lowest BCUT2D eigenvalue weighted by molar-refractivity contribution is -0.869. The highest BCUT2D eigenvalue weighted by Gasteiger charge is 2.16. The highest BCUT2D eigenvalue weighted by molar-refractivity contribution is 6.08. The fourth-order valence-electron chi connectivity index (χ4n) is 2.14. The van der Waals surface area contributed by atoms with E-state index in [9.17, 15) is 4.79 Å². The van der Waals surface area contributed by atoms with E-state index in [1.165, 1.54) is 0 Å². The zero-order chi connectivity index (χ0) is 13.3. The van der Waals surface area contributed by atoms with E-state index in [0.29, 0.717) is 6.42 Å². The van der Waals surface area contributed by atoms with Crippen LogP contribution in [0.2, 0.25) is 0 Å². The Kier molecular flexibility index (Phi) is 3.26. The molecule has 0 saturated carbocycles. The quantitative estimate of drug-likeness (QED) is 0.599. The molecule has 0 amide bonds. The van der Waals surface area contributed by atoms with Crippen LogP contribution in [0.1, 0.15) is 16.8 Å². The number of rotatable bonds is 4. The number of Topliss-reactive ketones (excluding diaryl/α,β-unsaturated/α-hetero) is 1. The number of benzene rings is 1. The Bertz CT molecular complexity index is 576. The van der Waals surface area contributed by atoms with Gasteiger partial charge in [-0.25, -0.2) is 0 Å². The van der Waals surface area contributed by atoms with Crippen molar-refractivity contribution >= 4 is 16.7 Å². The summed E-state index contributed by atoms with van der Waals surface area (Å²) in [4.78, 5) is 12.3. The second-order valence-electron chi connectivity index (χ2n) is 5.86. The van der Waals surface area contributed by atoms with Crippen molar-refractivity contribution in [1.82, 2.24) is 4.57 Å². The fourth-order valence-corrected chi connectivity index (χ4v) is 2.14. The number of aromatic nitrogens is 1. The minimum Gasteiger partial charge on any atom is -0.350 e. The van der Waals surface area contributed by atoms with Gasteiger partial charge in [0.05, 0.1) is 34.1 Å². The number of nitrogens with zero attached hydrogens (tertiary/aromatic N) is 2. The molecule has 2 rings (SSSR count). The summed E-state index contributed by atoms with van der Waals surface area (Å²) in [7, 11) is 8.31. The van der Waals surface area contributed by atoms with Crippen LogP contribution in [-0.2, 0) is 7.05 Å². The van der Waals surface area contributed by atoms with Crippen LogP contribution in [0.15, 0.2) is 30.5 Å². The first-order valence-corrected chi connectivity index (χ1v) is 6.26. The molecule has 0 N–H and O–H groups in total. The molecule has 18 heavy (non-hydrogen) atoms. The second kappa shape index (κ2) is 4.58. The smallest absolute Gasteiger partial charge is 0.170 e. The molecular weight excluding hydrogens is 224 g/mol. The number of carbonyl (C=O) groups excluding carboxylic acids is 1. The maximum Gasteiger partial charge on any atom is 0.170 e. The molecule has 0 fully saturated rings. The summed E-state index contributed by atoms with van der Waals surface area (Å²) in [5.74, 6) is 0.236. The lowest BCUT2D eigenvalue weighted by Gasteiger charge is -2.23. The first-order valence-electron chi connectivity index (χ1n) is 6.26. The van der Waals surface area contributed by atoms with Crippen LogP contribution in [-0.4, -0.2) is 42.5 Å². The molecule has 3 nitrogen and oxygen atoms in total. The van der Waals surface area contributed by atoms with Crippen molar-refractivity contribution < 1.29 is 9.28 Å². The van der Waals surface area contributed by atoms with E-state index in [1.807, 2.05) is 42.1 Å². The summed E-state index contributed by atoms with van der Waals surface area (Å²) in [6.45, 7) is 0.863. The minimum absolute atomic E-state index is 0.236. The van der Waals surface area contributed by atoms with Crippen molar-refractivity contribution in [2.24, 2.45) is 7.05 Å². The fraction of sp³-hybridized carbons (Fsp3) is 0.400. The van der Waals surface area contributed by atoms with Gasteiger partial charge in [-0.3, -0.25) is 4.79 Å². The number of hydrogen-bond donors (Lipinski definition) is 0. The largest absolute Gasteiger partial charge is 0.350 e. The van der Waals surface area contributed by atoms with Gasteiger partial charge in [0.25, 0.3) is 0 Å². The van der Waals surface area contributed by atoms with Crippen molar-refractivity contribution in [3.63, 3.8) is 0 Å². The molecule has 1 aromatic heterocycles. The molecule has 0 aliphatic carbocycles. The SMILES string of the molecule is Cn1cc(C(=O)CC[N+](C)(C)C)c2ccccc21. The van der Waals surface area contributed by atoms with Crippen molar-refractivity contribution in [3.05, 3.63) is 36.0 Å². The molecule has 0 unspecified atom stereocenters. The van der Waals surface area contributed by atoms with E-state index in [1.54, 1.807) is 0 Å².